The number of hydrogen-bond donors (Lipinski definition) is 0. The van der Waals surface area contributed by atoms with E-state index in [4.69, 9.17) is 28.4 Å². The molecule has 1 rings (SSSR count). The van der Waals surface area contributed by atoms with Gasteiger partial charge in [-0.05, 0) is 108 Å². The van der Waals surface area contributed by atoms with Crippen molar-refractivity contribution in [3.63, 3.8) is 0 Å². The van der Waals surface area contributed by atoms with Gasteiger partial charge >= 0.3 is 11.9 Å². The van der Waals surface area contributed by atoms with E-state index in [-0.39, 0.29) is 25.2 Å². The summed E-state index contributed by atoms with van der Waals surface area (Å²) in [6.07, 6.45) is 44.7. The lowest BCUT2D eigenvalue weighted by molar-refractivity contribution is -0.146. The molecule has 0 aromatic heterocycles. The maximum atomic E-state index is 12.1. The van der Waals surface area contributed by atoms with E-state index < -0.39 is 0 Å². The van der Waals surface area contributed by atoms with E-state index in [1.54, 1.807) is 0 Å². The summed E-state index contributed by atoms with van der Waals surface area (Å²) in [5.41, 5.74) is 1.10. The zero-order chi connectivity index (χ0) is 46.2. The van der Waals surface area contributed by atoms with Gasteiger partial charge in [0.15, 0.2) is 0 Å². The molecule has 0 unspecified atom stereocenters. The summed E-state index contributed by atoms with van der Waals surface area (Å²) in [5.74, 6) is 1.11. The first-order chi connectivity index (χ1) is 31.5. The molecule has 0 atom stereocenters. The highest BCUT2D eigenvalue weighted by Gasteiger charge is 2.09. The van der Waals surface area contributed by atoms with Crippen LogP contribution in [0.5, 0.6) is 11.5 Å². The minimum Gasteiger partial charge on any atom is -0.491 e. The van der Waals surface area contributed by atoms with Gasteiger partial charge in [-0.1, -0.05) is 141 Å². The Morgan fingerprint density at radius 2 is 0.812 bits per heavy atom. The standard InChI is InChI=1S/C55H93NO8/c1-5-9-11-13-15-17-19-21-23-25-27-29-31-33-35-37-54(57)63-45-41-59-39-43-61-52-47-51(50-56(7-3)8-4)48-53(49-52)62-44-40-60-42-46-64-55(58)38-36-34-32-30-28-26-24-22-20-18-16-14-12-10-6-2/h15-18,21-24,47-49H,5-14,19-20,25-46,50H2,1-4H3. The van der Waals surface area contributed by atoms with Crippen molar-refractivity contribution in [2.75, 3.05) is 65.9 Å². The molecule has 0 spiro atoms. The quantitative estimate of drug-likeness (QED) is 0.0360. The van der Waals surface area contributed by atoms with Crippen molar-refractivity contribution >= 4 is 11.9 Å². The van der Waals surface area contributed by atoms with Gasteiger partial charge in [-0.2, -0.15) is 0 Å². The molecule has 0 fully saturated rings. The topological polar surface area (TPSA) is 92.8 Å². The van der Waals surface area contributed by atoms with Crippen molar-refractivity contribution < 1.29 is 38.0 Å². The highest BCUT2D eigenvalue weighted by atomic mass is 16.6. The summed E-state index contributed by atoms with van der Waals surface area (Å²) in [4.78, 5) is 26.6. The number of unbranched alkanes of at least 4 members (excludes halogenated alkanes) is 16. The van der Waals surface area contributed by atoms with Gasteiger partial charge in [0.1, 0.15) is 37.9 Å². The molecular weight excluding hydrogens is 803 g/mol. The van der Waals surface area contributed by atoms with Crippen LogP contribution >= 0.6 is 0 Å². The summed E-state index contributed by atoms with van der Waals surface area (Å²) in [5, 5.41) is 0. The van der Waals surface area contributed by atoms with E-state index in [9.17, 15) is 9.59 Å². The monoisotopic (exact) mass is 896 g/mol. The number of rotatable bonds is 46. The maximum absolute atomic E-state index is 12.1. The second kappa shape index (κ2) is 46.1. The molecule has 1 aromatic carbocycles. The van der Waals surface area contributed by atoms with Crippen molar-refractivity contribution in [3.05, 3.63) is 72.4 Å². The minimum absolute atomic E-state index is 0.157. The molecule has 0 radical (unpaired) electrons. The van der Waals surface area contributed by atoms with Crippen molar-refractivity contribution in [2.24, 2.45) is 0 Å². The highest BCUT2D eigenvalue weighted by molar-refractivity contribution is 5.69. The fraction of sp³-hybridized carbons (Fsp3) is 0.709. The summed E-state index contributed by atoms with van der Waals surface area (Å²) < 4.78 is 34.2. The number of allylic oxidation sites excluding steroid dienone is 8. The molecule has 0 heterocycles. The number of carbonyl (C=O) groups excluding carboxylic acids is 2. The number of benzene rings is 1. The number of ether oxygens (including phenoxy) is 6. The normalized spacial score (nSPS) is 11.9. The molecule has 0 bridgehead atoms. The SMILES string of the molecule is CCCCCC=CCC=CCCCCCCCC(=O)OCCOCCOc1cc(CN(CC)CC)cc(OCCOCCOC(=O)CCCCCCCC=CCC=CCCCCC)c1. The Kier molecular flexibility index (Phi) is 42.3. The molecule has 1 aromatic rings. The van der Waals surface area contributed by atoms with Crippen LogP contribution in [0.2, 0.25) is 0 Å². The molecule has 0 saturated heterocycles. The van der Waals surface area contributed by atoms with Crippen molar-refractivity contribution in [1.29, 1.82) is 0 Å². The first-order valence-electron chi connectivity index (χ1n) is 25.7. The number of carbonyl (C=O) groups is 2. The van der Waals surface area contributed by atoms with Crippen LogP contribution in [-0.4, -0.2) is 82.8 Å². The summed E-state index contributed by atoms with van der Waals surface area (Å²) in [6.45, 7) is 14.1. The lowest BCUT2D eigenvalue weighted by Gasteiger charge is -2.19. The molecule has 0 saturated carbocycles. The molecule has 0 aliphatic rings. The van der Waals surface area contributed by atoms with Gasteiger partial charge in [0.2, 0.25) is 0 Å². The van der Waals surface area contributed by atoms with Crippen LogP contribution in [0.1, 0.15) is 187 Å². The van der Waals surface area contributed by atoms with E-state index in [0.717, 1.165) is 89.4 Å². The van der Waals surface area contributed by atoms with E-state index in [0.29, 0.717) is 64.0 Å². The smallest absolute Gasteiger partial charge is 0.305 e. The van der Waals surface area contributed by atoms with Crippen LogP contribution in [0.4, 0.5) is 0 Å². The third kappa shape index (κ3) is 39.0. The molecule has 0 aliphatic carbocycles. The fourth-order valence-electron chi connectivity index (χ4n) is 6.97. The maximum Gasteiger partial charge on any atom is 0.305 e. The van der Waals surface area contributed by atoms with Crippen LogP contribution in [0.3, 0.4) is 0 Å². The van der Waals surface area contributed by atoms with E-state index in [2.05, 4.69) is 81.2 Å². The second-order valence-electron chi connectivity index (χ2n) is 16.6. The molecular formula is C55H93NO8. The second-order valence-corrected chi connectivity index (χ2v) is 16.6. The minimum atomic E-state index is -0.157. The van der Waals surface area contributed by atoms with Crippen LogP contribution in [0.15, 0.2) is 66.8 Å². The fourth-order valence-corrected chi connectivity index (χ4v) is 6.97. The summed E-state index contributed by atoms with van der Waals surface area (Å²) in [7, 11) is 0. The molecule has 366 valence electrons. The van der Waals surface area contributed by atoms with E-state index in [1.807, 2.05) is 18.2 Å². The Hall–Kier alpha value is -3.40. The Bertz CT molecular complexity index is 1250. The largest absolute Gasteiger partial charge is 0.491 e. The summed E-state index contributed by atoms with van der Waals surface area (Å²) in [6, 6.07) is 5.97. The van der Waals surface area contributed by atoms with Gasteiger partial charge in [-0.15, -0.1) is 0 Å². The van der Waals surface area contributed by atoms with Gasteiger partial charge in [0, 0.05) is 25.5 Å². The molecule has 0 aliphatic heterocycles. The lowest BCUT2D eigenvalue weighted by Crippen LogP contribution is -2.22. The van der Waals surface area contributed by atoms with Gasteiger partial charge in [0.25, 0.3) is 0 Å². The lowest BCUT2D eigenvalue weighted by atomic mass is 10.1. The van der Waals surface area contributed by atoms with Gasteiger partial charge in [-0.3, -0.25) is 14.5 Å². The van der Waals surface area contributed by atoms with Crippen molar-refractivity contribution in [2.45, 2.75) is 188 Å². The molecule has 9 nitrogen and oxygen atoms in total. The number of hydrogen-bond acceptors (Lipinski definition) is 9. The molecule has 0 amide bonds. The van der Waals surface area contributed by atoms with Gasteiger partial charge in [-0.25, -0.2) is 0 Å². The Morgan fingerprint density at radius 3 is 1.22 bits per heavy atom. The van der Waals surface area contributed by atoms with Crippen molar-refractivity contribution in [1.82, 2.24) is 4.90 Å². The van der Waals surface area contributed by atoms with Gasteiger partial charge in [0.05, 0.1) is 26.4 Å². The Labute approximate surface area is 391 Å². The number of esters is 2. The summed E-state index contributed by atoms with van der Waals surface area (Å²) >= 11 is 0. The van der Waals surface area contributed by atoms with Crippen LogP contribution < -0.4 is 9.47 Å². The number of nitrogens with zero attached hydrogens (tertiary/aromatic N) is 1. The average molecular weight is 896 g/mol. The zero-order valence-corrected chi connectivity index (χ0v) is 41.3. The Morgan fingerprint density at radius 1 is 0.438 bits per heavy atom. The van der Waals surface area contributed by atoms with E-state index in [1.165, 1.54) is 77.0 Å². The van der Waals surface area contributed by atoms with E-state index >= 15 is 0 Å². The van der Waals surface area contributed by atoms with Gasteiger partial charge < -0.3 is 28.4 Å². The zero-order valence-electron chi connectivity index (χ0n) is 41.3. The predicted octanol–water partition coefficient (Wildman–Crippen LogP) is 14.0. The third-order valence-electron chi connectivity index (χ3n) is 10.9. The van der Waals surface area contributed by atoms with Crippen LogP contribution in [-0.2, 0) is 35.1 Å². The first-order valence-corrected chi connectivity index (χ1v) is 25.7. The highest BCUT2D eigenvalue weighted by Crippen LogP contribution is 2.24. The predicted molar refractivity (Wildman–Crippen MR) is 266 cm³/mol. The first kappa shape index (κ1) is 58.6. The molecule has 9 heteroatoms. The Balaban J connectivity index is 2.15. The molecule has 64 heavy (non-hydrogen) atoms. The third-order valence-corrected chi connectivity index (χ3v) is 10.9. The van der Waals surface area contributed by atoms with Crippen molar-refractivity contribution in [3.8, 4) is 11.5 Å². The average Bonchev–Trinajstić information content (AvgIpc) is 3.30. The van der Waals surface area contributed by atoms with Crippen LogP contribution in [0, 0.1) is 0 Å². The van der Waals surface area contributed by atoms with Crippen LogP contribution in [0.25, 0.3) is 0 Å². The molecule has 0 N–H and O–H groups in total.